The van der Waals surface area contributed by atoms with Crippen LogP contribution in [0.1, 0.15) is 30.1 Å². The highest BCUT2D eigenvalue weighted by Crippen LogP contribution is 2.33. The predicted molar refractivity (Wildman–Crippen MR) is 72.5 cm³/mol. The first-order valence-corrected chi connectivity index (χ1v) is 7.50. The van der Waals surface area contributed by atoms with E-state index in [1.165, 1.54) is 34.9 Å². The number of thioether (sulfide) groups is 1. The van der Waals surface area contributed by atoms with Crippen LogP contribution in [-0.2, 0) is 4.79 Å². The Morgan fingerprint density at radius 1 is 1.45 bits per heavy atom. The number of carboxylic acids is 1. The number of carbonyl (C=O) groups excluding carboxylic acids is 2. The molecule has 1 aliphatic rings. The van der Waals surface area contributed by atoms with E-state index in [2.05, 4.69) is 0 Å². The third kappa shape index (κ3) is 2.80. The molecule has 0 aromatic heterocycles. The summed E-state index contributed by atoms with van der Waals surface area (Å²) in [4.78, 5) is 24.9. The first-order valence-electron chi connectivity index (χ1n) is 6.46. The van der Waals surface area contributed by atoms with Crippen LogP contribution in [0.5, 0.6) is 0 Å². The van der Waals surface area contributed by atoms with E-state index in [-0.39, 0.29) is 16.7 Å². The number of aliphatic carboxylic acids is 1. The van der Waals surface area contributed by atoms with Crippen molar-refractivity contribution in [2.45, 2.75) is 31.2 Å². The van der Waals surface area contributed by atoms with Gasteiger partial charge >= 0.3 is 0 Å². The highest BCUT2D eigenvalue weighted by atomic mass is 32.2. The summed E-state index contributed by atoms with van der Waals surface area (Å²) in [7, 11) is 0. The van der Waals surface area contributed by atoms with Gasteiger partial charge in [0, 0.05) is 5.75 Å². The van der Waals surface area contributed by atoms with Crippen LogP contribution in [0.25, 0.3) is 0 Å². The molecule has 1 fully saturated rings. The van der Waals surface area contributed by atoms with Crippen molar-refractivity contribution in [2.24, 2.45) is 0 Å². The van der Waals surface area contributed by atoms with Gasteiger partial charge in [0.2, 0.25) is 0 Å². The van der Waals surface area contributed by atoms with Crippen LogP contribution in [-0.4, -0.2) is 33.9 Å². The van der Waals surface area contributed by atoms with Gasteiger partial charge in [-0.25, -0.2) is 4.39 Å². The second-order valence-electron chi connectivity index (χ2n) is 4.60. The van der Waals surface area contributed by atoms with Gasteiger partial charge in [-0.3, -0.25) is 4.79 Å². The first kappa shape index (κ1) is 14.8. The Morgan fingerprint density at radius 3 is 2.75 bits per heavy atom. The van der Waals surface area contributed by atoms with Gasteiger partial charge in [-0.1, -0.05) is 25.5 Å². The minimum absolute atomic E-state index is 0.0950. The molecular formula is C14H15FNO3S-. The molecular weight excluding hydrogens is 281 g/mol. The number of hydrogen-bond acceptors (Lipinski definition) is 4. The lowest BCUT2D eigenvalue weighted by molar-refractivity contribution is -0.310. The number of rotatable bonds is 4. The van der Waals surface area contributed by atoms with E-state index in [0.29, 0.717) is 6.42 Å². The molecule has 1 aromatic rings. The number of carbonyl (C=O) groups is 2. The van der Waals surface area contributed by atoms with Gasteiger partial charge < -0.3 is 14.8 Å². The molecule has 1 heterocycles. The van der Waals surface area contributed by atoms with Gasteiger partial charge in [0.1, 0.15) is 5.82 Å². The molecule has 1 amide bonds. The summed E-state index contributed by atoms with van der Waals surface area (Å²) >= 11 is 1.40. The molecule has 6 heteroatoms. The Labute approximate surface area is 121 Å². The van der Waals surface area contributed by atoms with Gasteiger partial charge in [-0.15, -0.1) is 11.8 Å². The third-order valence-electron chi connectivity index (χ3n) is 3.24. The van der Waals surface area contributed by atoms with Crippen molar-refractivity contribution in [2.75, 3.05) is 5.75 Å². The third-order valence-corrected chi connectivity index (χ3v) is 4.59. The van der Waals surface area contributed by atoms with Crippen molar-refractivity contribution in [1.29, 1.82) is 0 Å². The fourth-order valence-corrected chi connectivity index (χ4v) is 3.77. The maximum Gasteiger partial charge on any atom is 0.258 e. The smallest absolute Gasteiger partial charge is 0.258 e. The summed E-state index contributed by atoms with van der Waals surface area (Å²) < 4.78 is 13.7. The Bertz CT molecular complexity index is 523. The van der Waals surface area contributed by atoms with Gasteiger partial charge in [-0.2, -0.15) is 0 Å². The van der Waals surface area contributed by atoms with E-state index in [1.54, 1.807) is 6.07 Å². The van der Waals surface area contributed by atoms with Crippen LogP contribution in [0.4, 0.5) is 4.39 Å². The van der Waals surface area contributed by atoms with Crippen LogP contribution >= 0.6 is 11.8 Å². The van der Waals surface area contributed by atoms with E-state index in [4.69, 9.17) is 0 Å². The van der Waals surface area contributed by atoms with Gasteiger partial charge in [0.05, 0.1) is 22.9 Å². The lowest BCUT2D eigenvalue weighted by Crippen LogP contribution is -2.50. The van der Waals surface area contributed by atoms with Crippen molar-refractivity contribution < 1.29 is 19.1 Å². The molecule has 108 valence electrons. The molecule has 4 nitrogen and oxygen atoms in total. The number of nitrogens with zero attached hydrogens (tertiary/aromatic N) is 1. The minimum Gasteiger partial charge on any atom is -0.548 e. The molecule has 2 atom stereocenters. The van der Waals surface area contributed by atoms with Gasteiger partial charge in [0.25, 0.3) is 5.91 Å². The molecule has 0 radical (unpaired) electrons. The molecule has 0 saturated carbocycles. The zero-order chi connectivity index (χ0) is 14.7. The average Bonchev–Trinajstić information content (AvgIpc) is 2.83. The number of halogens is 1. The van der Waals surface area contributed by atoms with Crippen molar-refractivity contribution in [3.63, 3.8) is 0 Å². The fraction of sp³-hybridized carbons (Fsp3) is 0.429. The van der Waals surface area contributed by atoms with Crippen LogP contribution in [0, 0.1) is 5.82 Å². The molecule has 0 spiro atoms. The predicted octanol–water partition coefficient (Wildman–Crippen LogP) is 1.26. The van der Waals surface area contributed by atoms with E-state index in [0.717, 1.165) is 6.42 Å². The minimum atomic E-state index is -1.29. The molecule has 2 rings (SSSR count). The highest BCUT2D eigenvalue weighted by Gasteiger charge is 2.38. The van der Waals surface area contributed by atoms with Crippen molar-refractivity contribution in [3.05, 3.63) is 35.6 Å². The monoisotopic (exact) mass is 296 g/mol. The summed E-state index contributed by atoms with van der Waals surface area (Å²) in [6.45, 7) is 1.96. The number of amides is 1. The van der Waals surface area contributed by atoms with Crippen molar-refractivity contribution >= 4 is 23.6 Å². The Balaban J connectivity index is 2.32. The molecule has 20 heavy (non-hydrogen) atoms. The lowest BCUT2D eigenvalue weighted by Gasteiger charge is -2.30. The molecule has 0 N–H and O–H groups in total. The van der Waals surface area contributed by atoms with Gasteiger partial charge in [-0.05, 0) is 18.6 Å². The topological polar surface area (TPSA) is 60.4 Å². The number of hydrogen-bond donors (Lipinski definition) is 0. The van der Waals surface area contributed by atoms with Crippen LogP contribution in [0.2, 0.25) is 0 Å². The maximum absolute atomic E-state index is 13.7. The standard InChI is InChI=1S/C14H16FNO3S/c1-2-5-12-16(11(8-20-12)14(18)19)13(17)9-6-3-4-7-10(9)15/h3-4,6-7,11-12H,2,5,8H2,1H3,(H,18,19)/p-1/t11-,12+/m1/s1. The Hall–Kier alpha value is -1.56. The molecule has 1 aromatic carbocycles. The van der Waals surface area contributed by atoms with Crippen LogP contribution in [0.3, 0.4) is 0 Å². The molecule has 1 aliphatic heterocycles. The molecule has 0 aliphatic carbocycles. The second-order valence-corrected chi connectivity index (χ2v) is 5.81. The molecule has 0 unspecified atom stereocenters. The average molecular weight is 296 g/mol. The lowest BCUT2D eigenvalue weighted by atomic mass is 10.1. The number of carboxylic acid groups (broad SMARTS) is 1. The largest absolute Gasteiger partial charge is 0.548 e. The quantitative estimate of drug-likeness (QED) is 0.839. The Kier molecular flexibility index (Phi) is 4.65. The summed E-state index contributed by atoms with van der Waals surface area (Å²) in [5.41, 5.74) is -0.0950. The van der Waals surface area contributed by atoms with Gasteiger partial charge in [0.15, 0.2) is 0 Å². The zero-order valence-corrected chi connectivity index (χ0v) is 11.9. The molecule has 1 saturated heterocycles. The van der Waals surface area contributed by atoms with Crippen molar-refractivity contribution in [3.8, 4) is 0 Å². The summed E-state index contributed by atoms with van der Waals surface area (Å²) in [6, 6.07) is 4.62. The maximum atomic E-state index is 13.7. The van der Waals surface area contributed by atoms with E-state index < -0.39 is 23.7 Å². The normalized spacial score (nSPS) is 22.0. The SMILES string of the molecule is CCC[C@@H]1SC[C@H](C(=O)[O-])N1C(=O)c1ccccc1F. The summed E-state index contributed by atoms with van der Waals surface area (Å²) in [5, 5.41) is 10.9. The first-order chi connectivity index (χ1) is 9.56. The van der Waals surface area contributed by atoms with Crippen LogP contribution < -0.4 is 5.11 Å². The van der Waals surface area contributed by atoms with E-state index in [1.807, 2.05) is 6.92 Å². The fourth-order valence-electron chi connectivity index (χ4n) is 2.26. The molecule has 0 bridgehead atoms. The summed E-state index contributed by atoms with van der Waals surface area (Å²) in [5.74, 6) is -2.23. The Morgan fingerprint density at radius 2 is 2.15 bits per heavy atom. The summed E-state index contributed by atoms with van der Waals surface area (Å²) in [6.07, 6.45) is 1.49. The second kappa shape index (κ2) is 6.26. The highest BCUT2D eigenvalue weighted by molar-refractivity contribution is 8.00. The van der Waals surface area contributed by atoms with Crippen molar-refractivity contribution in [1.82, 2.24) is 4.90 Å². The zero-order valence-electron chi connectivity index (χ0n) is 11.0. The van der Waals surface area contributed by atoms with E-state index in [9.17, 15) is 19.1 Å². The number of benzene rings is 1. The van der Waals surface area contributed by atoms with E-state index >= 15 is 0 Å². The van der Waals surface area contributed by atoms with Crippen LogP contribution in [0.15, 0.2) is 24.3 Å².